The Bertz CT molecular complexity index is 1500. The van der Waals surface area contributed by atoms with Crippen molar-refractivity contribution in [1.82, 2.24) is 0 Å². The van der Waals surface area contributed by atoms with Crippen molar-refractivity contribution >= 4 is 18.7 Å². The molecule has 0 radical (unpaired) electrons. The van der Waals surface area contributed by atoms with E-state index >= 15 is 0 Å². The third kappa shape index (κ3) is 12.3. The van der Waals surface area contributed by atoms with E-state index in [2.05, 4.69) is 81.4 Å². The van der Waals surface area contributed by atoms with Gasteiger partial charge < -0.3 is 28.8 Å². The van der Waals surface area contributed by atoms with Crippen LogP contribution in [0.15, 0.2) is 127 Å². The van der Waals surface area contributed by atoms with Crippen LogP contribution in [0.5, 0.6) is 5.75 Å². The number of methoxy groups -OCH3 is 1. The molecule has 4 atom stereocenters. The Balaban J connectivity index is 1.37. The van der Waals surface area contributed by atoms with Crippen LogP contribution in [0.25, 0.3) is 0 Å². The Labute approximate surface area is 307 Å². The third-order valence-electron chi connectivity index (χ3n) is 9.48. The number of aliphatic hydroxyl groups excluding tert-OH is 2. The molecule has 0 aromatic heterocycles. The highest BCUT2D eigenvalue weighted by molar-refractivity contribution is 6.99. The molecule has 0 heterocycles. The van der Waals surface area contributed by atoms with Crippen molar-refractivity contribution in [2.24, 2.45) is 5.92 Å². The minimum absolute atomic E-state index is 0.00929. The van der Waals surface area contributed by atoms with Gasteiger partial charge in [-0.25, -0.2) is 0 Å². The van der Waals surface area contributed by atoms with Crippen LogP contribution in [-0.2, 0) is 27.1 Å². The highest BCUT2D eigenvalue weighted by Crippen LogP contribution is 2.37. The maximum atomic E-state index is 11.1. The minimum Gasteiger partial charge on any atom is -0.497 e. The Hall–Kier alpha value is -3.56. The quantitative estimate of drug-likeness (QED) is 0.0522. The van der Waals surface area contributed by atoms with Crippen molar-refractivity contribution in [3.8, 4) is 5.75 Å². The smallest absolute Gasteiger partial charge is 0.261 e. The lowest BCUT2D eigenvalue weighted by atomic mass is 10.00. The van der Waals surface area contributed by atoms with E-state index in [1.807, 2.05) is 73.7 Å². The van der Waals surface area contributed by atoms with Gasteiger partial charge in [-0.2, -0.15) is 0 Å². The summed E-state index contributed by atoms with van der Waals surface area (Å²) in [7, 11) is -0.981. The first-order valence-corrected chi connectivity index (χ1v) is 20.2. The summed E-state index contributed by atoms with van der Waals surface area (Å²) in [4.78, 5) is 0. The summed E-state index contributed by atoms with van der Waals surface area (Å²) < 4.78 is 24.6. The standard InChI is InChI=1S/C44H58O6Si/c1-35(43(46)34-48-32-36-18-9-6-10-19-36)17-15-20-38(45)31-40(49-33-37-26-28-39(47-5)29-27-37)21-16-30-50-51(44(2,3)4,41-22-11-7-12-23-41)42-24-13-8-14-25-42/h6-15,18-20,22-29,35,38,40,43,45-46H,16-17,21,30-34H2,1-5H3/b20-15+/t35-,38-,40-,43+/m0/s1. The first kappa shape index (κ1) is 40.2. The number of rotatable bonds is 21. The lowest BCUT2D eigenvalue weighted by Gasteiger charge is -2.43. The molecule has 51 heavy (non-hydrogen) atoms. The molecule has 274 valence electrons. The largest absolute Gasteiger partial charge is 0.497 e. The summed E-state index contributed by atoms with van der Waals surface area (Å²) in [5.41, 5.74) is 2.13. The van der Waals surface area contributed by atoms with E-state index in [1.54, 1.807) is 7.11 Å². The zero-order valence-corrected chi connectivity index (χ0v) is 32.1. The Morgan fingerprint density at radius 1 is 0.745 bits per heavy atom. The van der Waals surface area contributed by atoms with Crippen LogP contribution in [0.4, 0.5) is 0 Å². The molecule has 4 aromatic rings. The lowest BCUT2D eigenvalue weighted by molar-refractivity contribution is 0.00203. The molecule has 0 unspecified atom stereocenters. The van der Waals surface area contributed by atoms with Gasteiger partial charge in [-0.3, -0.25) is 0 Å². The van der Waals surface area contributed by atoms with Gasteiger partial charge in [0.15, 0.2) is 0 Å². The molecule has 0 saturated heterocycles. The number of aliphatic hydroxyl groups is 2. The zero-order chi connectivity index (χ0) is 36.5. The zero-order valence-electron chi connectivity index (χ0n) is 31.1. The molecule has 0 aliphatic carbocycles. The number of benzene rings is 4. The summed E-state index contributed by atoms with van der Waals surface area (Å²) in [6.07, 6.45) is 4.98. The number of hydrogen-bond donors (Lipinski definition) is 2. The maximum absolute atomic E-state index is 11.1. The molecule has 4 aromatic carbocycles. The van der Waals surface area contributed by atoms with Gasteiger partial charge in [-0.1, -0.05) is 143 Å². The van der Waals surface area contributed by atoms with Crippen molar-refractivity contribution in [2.75, 3.05) is 20.3 Å². The van der Waals surface area contributed by atoms with Gasteiger partial charge in [0, 0.05) is 13.0 Å². The van der Waals surface area contributed by atoms with Crippen LogP contribution in [0.2, 0.25) is 5.04 Å². The van der Waals surface area contributed by atoms with Gasteiger partial charge in [-0.15, -0.1) is 0 Å². The molecule has 0 fully saturated rings. The molecule has 6 nitrogen and oxygen atoms in total. The summed E-state index contributed by atoms with van der Waals surface area (Å²) in [5.74, 6) is 0.795. The summed E-state index contributed by atoms with van der Waals surface area (Å²) in [6.45, 7) is 10.6. The second-order valence-corrected chi connectivity index (χ2v) is 18.8. The van der Waals surface area contributed by atoms with E-state index in [1.165, 1.54) is 10.4 Å². The molecule has 0 spiro atoms. The average molecular weight is 711 g/mol. The number of hydrogen-bond acceptors (Lipinski definition) is 6. The van der Waals surface area contributed by atoms with Gasteiger partial charge in [-0.05, 0) is 63.9 Å². The molecule has 4 rings (SSSR count). The van der Waals surface area contributed by atoms with Gasteiger partial charge in [0.2, 0.25) is 0 Å². The first-order valence-electron chi connectivity index (χ1n) is 18.3. The van der Waals surface area contributed by atoms with E-state index in [4.69, 9.17) is 18.6 Å². The van der Waals surface area contributed by atoms with E-state index in [0.29, 0.717) is 32.7 Å². The fourth-order valence-electron chi connectivity index (χ4n) is 6.49. The summed E-state index contributed by atoms with van der Waals surface area (Å²) in [6, 6.07) is 39.2. The van der Waals surface area contributed by atoms with Crippen molar-refractivity contribution in [1.29, 1.82) is 0 Å². The molecule has 0 aliphatic rings. The SMILES string of the molecule is COc1ccc(CO[C@@H](CCCO[Si](c2ccccc2)(c2ccccc2)C(C)(C)C)C[C@@H](O)/C=C/C[C@H](C)[C@H](O)COCc2ccccc2)cc1. The van der Waals surface area contributed by atoms with Crippen LogP contribution in [-0.4, -0.2) is 57.2 Å². The Morgan fingerprint density at radius 3 is 1.88 bits per heavy atom. The number of allylic oxidation sites excluding steroid dienone is 1. The first-order chi connectivity index (χ1) is 24.6. The fourth-order valence-corrected chi connectivity index (χ4v) is 11.1. The topological polar surface area (TPSA) is 77.4 Å². The molecule has 0 amide bonds. The van der Waals surface area contributed by atoms with E-state index in [9.17, 15) is 10.2 Å². The molecule has 0 saturated carbocycles. The normalized spacial score (nSPS) is 14.6. The summed E-state index contributed by atoms with van der Waals surface area (Å²) in [5, 5.41) is 24.2. The van der Waals surface area contributed by atoms with Gasteiger partial charge in [0.1, 0.15) is 5.75 Å². The lowest BCUT2D eigenvalue weighted by Crippen LogP contribution is -2.66. The van der Waals surface area contributed by atoms with Crippen molar-refractivity contribution in [2.45, 2.75) is 89.9 Å². The number of ether oxygens (including phenoxy) is 3. The minimum atomic E-state index is -2.64. The molecule has 0 aliphatic heterocycles. The molecular formula is C44H58O6Si. The second-order valence-electron chi connectivity index (χ2n) is 14.4. The van der Waals surface area contributed by atoms with Crippen LogP contribution in [0.3, 0.4) is 0 Å². The second kappa shape index (κ2) is 20.5. The van der Waals surface area contributed by atoms with Gasteiger partial charge in [0.05, 0.1) is 45.2 Å². The molecule has 2 N–H and O–H groups in total. The molecule has 7 heteroatoms. The van der Waals surface area contributed by atoms with Crippen molar-refractivity contribution < 1.29 is 28.8 Å². The highest BCUT2D eigenvalue weighted by atomic mass is 28.4. The van der Waals surface area contributed by atoms with Gasteiger partial charge >= 0.3 is 0 Å². The fraction of sp³-hybridized carbons (Fsp3) is 0.409. The third-order valence-corrected chi connectivity index (χ3v) is 14.5. The van der Waals surface area contributed by atoms with Crippen molar-refractivity contribution in [3.63, 3.8) is 0 Å². The Kier molecular flexibility index (Phi) is 16.1. The van der Waals surface area contributed by atoms with E-state index in [0.717, 1.165) is 29.7 Å². The van der Waals surface area contributed by atoms with E-state index < -0.39 is 20.5 Å². The molecule has 0 bridgehead atoms. The van der Waals surface area contributed by atoms with Crippen LogP contribution >= 0.6 is 0 Å². The van der Waals surface area contributed by atoms with Gasteiger partial charge in [0.25, 0.3) is 8.32 Å². The predicted molar refractivity (Wildman–Crippen MR) is 210 cm³/mol. The van der Waals surface area contributed by atoms with Crippen LogP contribution < -0.4 is 15.1 Å². The monoisotopic (exact) mass is 710 g/mol. The maximum Gasteiger partial charge on any atom is 0.261 e. The van der Waals surface area contributed by atoms with E-state index in [-0.39, 0.29) is 23.7 Å². The average Bonchev–Trinajstić information content (AvgIpc) is 3.14. The van der Waals surface area contributed by atoms with Crippen LogP contribution in [0, 0.1) is 5.92 Å². The summed E-state index contributed by atoms with van der Waals surface area (Å²) >= 11 is 0. The predicted octanol–water partition coefficient (Wildman–Crippen LogP) is 7.85. The van der Waals surface area contributed by atoms with Crippen LogP contribution in [0.1, 0.15) is 64.5 Å². The highest BCUT2D eigenvalue weighted by Gasteiger charge is 2.50. The Morgan fingerprint density at radius 2 is 1.31 bits per heavy atom. The molecular weight excluding hydrogens is 653 g/mol. The van der Waals surface area contributed by atoms with Crippen molar-refractivity contribution in [3.05, 3.63) is 139 Å².